The molecule has 1 atom stereocenters. The van der Waals surface area contributed by atoms with Gasteiger partial charge in [-0.1, -0.05) is 19.1 Å². The highest BCUT2D eigenvalue weighted by atomic mass is 16.2. The van der Waals surface area contributed by atoms with Crippen molar-refractivity contribution in [1.82, 2.24) is 10.2 Å². The highest BCUT2D eigenvalue weighted by molar-refractivity contribution is 6.16. The third-order valence-electron chi connectivity index (χ3n) is 6.96. The number of benzene rings is 2. The molecule has 0 radical (unpaired) electrons. The van der Waals surface area contributed by atoms with Crippen molar-refractivity contribution in [2.24, 2.45) is 0 Å². The van der Waals surface area contributed by atoms with Crippen molar-refractivity contribution < 1.29 is 14.4 Å². The van der Waals surface area contributed by atoms with E-state index in [2.05, 4.69) is 55.4 Å². The first-order valence-corrected chi connectivity index (χ1v) is 12.1. The quantitative estimate of drug-likeness (QED) is 0.475. The Hall–Kier alpha value is -3.61. The van der Waals surface area contributed by atoms with E-state index in [1.807, 2.05) is 32.0 Å². The van der Waals surface area contributed by atoms with Gasteiger partial charge in [0.25, 0.3) is 5.91 Å². The molecule has 0 saturated carbocycles. The lowest BCUT2D eigenvalue weighted by Crippen LogP contribution is -2.48. The number of aryl methyl sites for hydroxylation is 2. The van der Waals surface area contributed by atoms with Crippen LogP contribution >= 0.6 is 0 Å². The summed E-state index contributed by atoms with van der Waals surface area (Å²) in [4.78, 5) is 41.4. The second-order valence-corrected chi connectivity index (χ2v) is 10.2. The number of hydrogen-bond acceptors (Lipinski definition) is 4. The van der Waals surface area contributed by atoms with Gasteiger partial charge < -0.3 is 15.5 Å². The Morgan fingerprint density at radius 2 is 1.94 bits per heavy atom. The average Bonchev–Trinajstić information content (AvgIpc) is 3.02. The highest BCUT2D eigenvalue weighted by Gasteiger charge is 2.37. The number of carbonyl (C=O) groups excluding carboxylic acids is 3. The summed E-state index contributed by atoms with van der Waals surface area (Å²) in [5, 5.41) is 5.38. The van der Waals surface area contributed by atoms with Crippen LogP contribution in [-0.2, 0) is 9.59 Å². The number of amides is 4. The van der Waals surface area contributed by atoms with Crippen LogP contribution in [0.5, 0.6) is 0 Å². The summed E-state index contributed by atoms with van der Waals surface area (Å²) in [5.74, 6) is -0.562. The maximum absolute atomic E-state index is 13.0. The molecule has 2 aromatic carbocycles. The zero-order chi connectivity index (χ0) is 25.5. The summed E-state index contributed by atoms with van der Waals surface area (Å²) < 4.78 is 0. The molecule has 4 rings (SSSR count). The van der Waals surface area contributed by atoms with E-state index in [4.69, 9.17) is 0 Å². The van der Waals surface area contributed by atoms with Crippen molar-refractivity contribution in [3.05, 3.63) is 64.3 Å². The Bertz CT molecular complexity index is 1230. The fourth-order valence-electron chi connectivity index (χ4n) is 5.34. The fourth-order valence-corrected chi connectivity index (χ4v) is 5.34. The molecule has 1 unspecified atom stereocenters. The van der Waals surface area contributed by atoms with Gasteiger partial charge in [0.1, 0.15) is 12.2 Å². The van der Waals surface area contributed by atoms with Crippen molar-refractivity contribution in [3.8, 4) is 0 Å². The molecule has 184 valence electrons. The molecule has 1 saturated heterocycles. The largest absolute Gasteiger partial charge is 0.366 e. The topological polar surface area (TPSA) is 81.8 Å². The van der Waals surface area contributed by atoms with Crippen LogP contribution < -0.4 is 15.5 Å². The molecule has 2 aliphatic rings. The molecular formula is C28H34N4O3. The summed E-state index contributed by atoms with van der Waals surface area (Å²) in [5.41, 5.74) is 6.27. The number of nitrogens with zero attached hydrogens (tertiary/aromatic N) is 2. The van der Waals surface area contributed by atoms with Crippen LogP contribution in [0.2, 0.25) is 0 Å². The van der Waals surface area contributed by atoms with Crippen molar-refractivity contribution in [2.75, 3.05) is 23.3 Å². The maximum Gasteiger partial charge on any atom is 0.329 e. The molecule has 2 aliphatic heterocycles. The fraction of sp³-hybridized carbons (Fsp3) is 0.393. The Morgan fingerprint density at radius 1 is 1.20 bits per heavy atom. The first-order valence-electron chi connectivity index (χ1n) is 12.1. The second-order valence-electron chi connectivity index (χ2n) is 10.2. The van der Waals surface area contributed by atoms with Crippen LogP contribution in [0.1, 0.15) is 62.3 Å². The van der Waals surface area contributed by atoms with Crippen LogP contribution in [0.15, 0.2) is 42.1 Å². The van der Waals surface area contributed by atoms with Gasteiger partial charge in [0.05, 0.1) is 0 Å². The van der Waals surface area contributed by atoms with Crippen molar-refractivity contribution >= 4 is 35.3 Å². The molecule has 7 nitrogen and oxygen atoms in total. The van der Waals surface area contributed by atoms with Crippen molar-refractivity contribution in [3.63, 3.8) is 0 Å². The van der Waals surface area contributed by atoms with E-state index in [-0.39, 0.29) is 17.8 Å². The normalized spacial score (nSPS) is 20.2. The molecule has 4 amide bonds. The number of imide groups is 1. The Morgan fingerprint density at radius 3 is 2.63 bits per heavy atom. The standard InChI is InChI=1S/C28H34N4O3/c1-7-32-24-12-18(3)20(13-22(24)19(4)15-28(32,5)6)14-23-26(34)31(27(35)30-23)16-25(33)29-21-10-8-9-17(2)11-21/h8-14,19H,7,15-16H2,1-6H3,(H,29,33)(H,30,35)/b23-14+. The van der Waals surface area contributed by atoms with Gasteiger partial charge in [-0.3, -0.25) is 9.59 Å². The number of rotatable bonds is 5. The molecule has 2 aromatic rings. The Kier molecular flexibility index (Phi) is 6.45. The predicted molar refractivity (Wildman–Crippen MR) is 139 cm³/mol. The van der Waals surface area contributed by atoms with Gasteiger partial charge in [0.15, 0.2) is 0 Å². The molecular weight excluding hydrogens is 440 g/mol. The van der Waals surface area contributed by atoms with E-state index in [1.54, 1.807) is 12.1 Å². The number of carbonyl (C=O) groups is 3. The molecule has 0 aromatic heterocycles. The molecule has 0 spiro atoms. The van der Waals surface area contributed by atoms with Gasteiger partial charge in [0.2, 0.25) is 5.91 Å². The second kappa shape index (κ2) is 9.21. The molecule has 35 heavy (non-hydrogen) atoms. The smallest absolute Gasteiger partial charge is 0.329 e. The predicted octanol–water partition coefficient (Wildman–Crippen LogP) is 4.95. The zero-order valence-corrected chi connectivity index (χ0v) is 21.4. The van der Waals surface area contributed by atoms with E-state index >= 15 is 0 Å². The van der Waals surface area contributed by atoms with Crippen LogP contribution in [0.4, 0.5) is 16.2 Å². The monoisotopic (exact) mass is 474 g/mol. The van der Waals surface area contributed by atoms with Gasteiger partial charge in [-0.05, 0) is 99.6 Å². The number of hydrogen-bond donors (Lipinski definition) is 2. The summed E-state index contributed by atoms with van der Waals surface area (Å²) in [7, 11) is 0. The lowest BCUT2D eigenvalue weighted by molar-refractivity contribution is -0.127. The molecule has 1 fully saturated rings. The first kappa shape index (κ1) is 24.5. The number of nitrogens with one attached hydrogen (secondary N) is 2. The van der Waals surface area contributed by atoms with E-state index in [1.165, 1.54) is 11.3 Å². The number of fused-ring (bicyclic) bond motifs is 1. The van der Waals surface area contributed by atoms with E-state index in [0.29, 0.717) is 11.6 Å². The van der Waals surface area contributed by atoms with Crippen molar-refractivity contribution in [2.45, 2.75) is 59.4 Å². The molecule has 2 N–H and O–H groups in total. The minimum Gasteiger partial charge on any atom is -0.366 e. The van der Waals surface area contributed by atoms with E-state index in [0.717, 1.165) is 34.6 Å². The first-order chi connectivity index (χ1) is 16.5. The van der Waals surface area contributed by atoms with E-state index in [9.17, 15) is 14.4 Å². The third kappa shape index (κ3) is 4.81. The number of urea groups is 1. The highest BCUT2D eigenvalue weighted by Crippen LogP contribution is 2.44. The summed E-state index contributed by atoms with van der Waals surface area (Å²) in [6.07, 6.45) is 2.75. The molecule has 7 heteroatoms. The lowest BCUT2D eigenvalue weighted by atomic mass is 9.79. The van der Waals surface area contributed by atoms with Gasteiger partial charge in [-0.25, -0.2) is 9.69 Å². The summed E-state index contributed by atoms with van der Waals surface area (Å²) in [6.45, 7) is 13.5. The van der Waals surface area contributed by atoms with E-state index < -0.39 is 17.8 Å². The minimum atomic E-state index is -0.594. The van der Waals surface area contributed by atoms with Crippen LogP contribution in [0.3, 0.4) is 0 Å². The molecule has 0 aliphatic carbocycles. The SMILES string of the molecule is CCN1c2cc(C)c(/C=C3/NC(=O)N(CC(=O)Nc4cccc(C)c4)C3=O)cc2C(C)CC1(C)C. The average molecular weight is 475 g/mol. The van der Waals surface area contributed by atoms with Gasteiger partial charge in [-0.15, -0.1) is 0 Å². The van der Waals surface area contributed by atoms with Crippen LogP contribution in [0.25, 0.3) is 6.08 Å². The maximum atomic E-state index is 13.0. The summed E-state index contributed by atoms with van der Waals surface area (Å²) >= 11 is 0. The lowest BCUT2D eigenvalue weighted by Gasteiger charge is -2.47. The third-order valence-corrected chi connectivity index (χ3v) is 6.96. The van der Waals surface area contributed by atoms with Gasteiger partial charge >= 0.3 is 6.03 Å². The number of anilines is 2. The van der Waals surface area contributed by atoms with Gasteiger partial charge in [0, 0.05) is 23.5 Å². The zero-order valence-electron chi connectivity index (χ0n) is 21.4. The molecule has 2 heterocycles. The Balaban J connectivity index is 1.56. The minimum absolute atomic E-state index is 0.0719. The Labute approximate surface area is 207 Å². The summed E-state index contributed by atoms with van der Waals surface area (Å²) in [6, 6.07) is 11.1. The van der Waals surface area contributed by atoms with Crippen molar-refractivity contribution in [1.29, 1.82) is 0 Å². The van der Waals surface area contributed by atoms with Crippen LogP contribution in [0, 0.1) is 13.8 Å². The van der Waals surface area contributed by atoms with Crippen LogP contribution in [-0.4, -0.2) is 41.4 Å². The van der Waals surface area contributed by atoms with Gasteiger partial charge in [-0.2, -0.15) is 0 Å². The molecule has 0 bridgehead atoms.